The molecule has 0 atom stereocenters. The van der Waals surface area contributed by atoms with Crippen LogP contribution in [0.1, 0.15) is 5.69 Å². The molecular weight excluding hydrogens is 298 g/mol. The van der Waals surface area contributed by atoms with Crippen LogP contribution in [0.2, 0.25) is 0 Å². The Hall–Kier alpha value is -1.00. The summed E-state index contributed by atoms with van der Waals surface area (Å²) in [5, 5.41) is 0.996. The number of hydrogen-bond acceptors (Lipinski definition) is 3. The van der Waals surface area contributed by atoms with E-state index in [-0.39, 0.29) is 0 Å². The zero-order valence-electron chi connectivity index (χ0n) is 9.61. The van der Waals surface area contributed by atoms with Gasteiger partial charge in [-0.3, -0.25) is 0 Å². The Morgan fingerprint density at radius 3 is 2.41 bits per heavy atom. The van der Waals surface area contributed by atoms with Gasteiger partial charge < -0.3 is 4.74 Å². The van der Waals surface area contributed by atoms with Gasteiger partial charge in [0.05, 0.1) is 12.8 Å². The Bertz CT molecular complexity index is 513. The van der Waals surface area contributed by atoms with Gasteiger partial charge in [0.2, 0.25) is 0 Å². The molecule has 0 saturated heterocycles. The maximum Gasteiger partial charge on any atom is 0.118 e. The van der Waals surface area contributed by atoms with Gasteiger partial charge in [0.15, 0.2) is 0 Å². The molecule has 0 radical (unpaired) electrons. The molecule has 1 aromatic carbocycles. The molecule has 0 spiro atoms. The monoisotopic (exact) mass is 309 g/mol. The summed E-state index contributed by atoms with van der Waals surface area (Å²) in [6.45, 7) is 1.99. The van der Waals surface area contributed by atoms with Crippen LogP contribution in [-0.4, -0.2) is 12.1 Å². The zero-order chi connectivity index (χ0) is 12.3. The molecule has 17 heavy (non-hydrogen) atoms. The van der Waals surface area contributed by atoms with E-state index in [4.69, 9.17) is 4.74 Å². The van der Waals surface area contributed by atoms with Crippen LogP contribution < -0.4 is 4.74 Å². The number of methoxy groups -OCH3 is 1. The van der Waals surface area contributed by atoms with E-state index in [2.05, 4.69) is 20.9 Å². The summed E-state index contributed by atoms with van der Waals surface area (Å²) in [5.41, 5.74) is 1.00. The summed E-state index contributed by atoms with van der Waals surface area (Å²) in [6, 6.07) is 12.0. The summed E-state index contributed by atoms with van der Waals surface area (Å²) < 4.78 is 6.16. The van der Waals surface area contributed by atoms with E-state index in [1.165, 1.54) is 0 Å². The average molecular weight is 310 g/mol. The fourth-order valence-corrected chi connectivity index (χ4v) is 2.40. The molecule has 0 aliphatic heterocycles. The first-order valence-corrected chi connectivity index (χ1v) is 6.75. The number of ether oxygens (including phenoxy) is 1. The number of rotatable bonds is 3. The third-order valence-corrected chi connectivity index (χ3v) is 4.06. The molecule has 0 fully saturated rings. The maximum absolute atomic E-state index is 5.12. The van der Waals surface area contributed by atoms with Gasteiger partial charge in [0.25, 0.3) is 0 Å². The number of nitrogens with zero attached hydrogens (tertiary/aromatic N) is 1. The molecule has 0 aliphatic rings. The first kappa shape index (κ1) is 12.5. The smallest absolute Gasteiger partial charge is 0.118 e. The third-order valence-electron chi connectivity index (χ3n) is 2.28. The lowest BCUT2D eigenvalue weighted by Gasteiger charge is -2.04. The lowest BCUT2D eigenvalue weighted by molar-refractivity contribution is 0.414. The highest BCUT2D eigenvalue weighted by Crippen LogP contribution is 2.29. The van der Waals surface area contributed by atoms with E-state index < -0.39 is 0 Å². The van der Waals surface area contributed by atoms with E-state index in [9.17, 15) is 0 Å². The molecule has 2 nitrogen and oxygen atoms in total. The highest BCUT2D eigenvalue weighted by atomic mass is 79.9. The third kappa shape index (κ3) is 3.23. The summed E-state index contributed by atoms with van der Waals surface area (Å²) in [5.74, 6) is 0.870. The second-order valence-corrected chi connectivity index (χ2v) is 5.44. The van der Waals surface area contributed by atoms with Crippen LogP contribution in [0.4, 0.5) is 0 Å². The highest BCUT2D eigenvalue weighted by molar-refractivity contribution is 9.10. The minimum Gasteiger partial charge on any atom is -0.497 e. The van der Waals surface area contributed by atoms with Crippen LogP contribution >= 0.6 is 27.7 Å². The normalized spacial score (nSPS) is 10.3. The molecule has 88 valence electrons. The first-order valence-electron chi connectivity index (χ1n) is 5.14. The molecule has 0 aliphatic carbocycles. The summed E-state index contributed by atoms with van der Waals surface area (Å²) >= 11 is 5.09. The molecule has 0 amide bonds. The Kier molecular flexibility index (Phi) is 4.07. The minimum absolute atomic E-state index is 0.870. The van der Waals surface area contributed by atoms with Gasteiger partial charge in [-0.15, -0.1) is 0 Å². The van der Waals surface area contributed by atoms with Gasteiger partial charge in [-0.2, -0.15) is 0 Å². The van der Waals surface area contributed by atoms with E-state index >= 15 is 0 Å². The fourth-order valence-electron chi connectivity index (χ4n) is 1.34. The van der Waals surface area contributed by atoms with Gasteiger partial charge in [-0.25, -0.2) is 4.98 Å². The van der Waals surface area contributed by atoms with Crippen molar-refractivity contribution in [2.75, 3.05) is 7.11 Å². The SMILES string of the molecule is COc1ccc(Sc2ccc(Br)c(C)n2)cc1. The molecule has 2 aromatic rings. The lowest BCUT2D eigenvalue weighted by Crippen LogP contribution is -1.86. The quantitative estimate of drug-likeness (QED) is 0.843. The van der Waals surface area contributed by atoms with Gasteiger partial charge in [0, 0.05) is 9.37 Å². The highest BCUT2D eigenvalue weighted by Gasteiger charge is 2.02. The fraction of sp³-hybridized carbons (Fsp3) is 0.154. The van der Waals surface area contributed by atoms with E-state index in [1.807, 2.05) is 43.3 Å². The number of benzene rings is 1. The second kappa shape index (κ2) is 5.56. The van der Waals surface area contributed by atoms with Crippen LogP contribution in [0.5, 0.6) is 5.75 Å². The van der Waals surface area contributed by atoms with Crippen molar-refractivity contribution >= 4 is 27.7 Å². The van der Waals surface area contributed by atoms with Crippen molar-refractivity contribution < 1.29 is 4.74 Å². The predicted molar refractivity (Wildman–Crippen MR) is 73.8 cm³/mol. The predicted octanol–water partition coefficient (Wildman–Crippen LogP) is 4.31. The van der Waals surface area contributed by atoms with E-state index in [1.54, 1.807) is 18.9 Å². The van der Waals surface area contributed by atoms with E-state index in [0.717, 1.165) is 25.8 Å². The maximum atomic E-state index is 5.12. The van der Waals surface area contributed by atoms with Gasteiger partial charge >= 0.3 is 0 Å². The molecule has 0 unspecified atom stereocenters. The van der Waals surface area contributed by atoms with Gasteiger partial charge in [-0.1, -0.05) is 11.8 Å². The molecule has 4 heteroatoms. The molecule has 0 bridgehead atoms. The van der Waals surface area contributed by atoms with Crippen molar-refractivity contribution in [2.24, 2.45) is 0 Å². The van der Waals surface area contributed by atoms with Crippen LogP contribution in [-0.2, 0) is 0 Å². The molecule has 0 saturated carbocycles. The lowest BCUT2D eigenvalue weighted by atomic mass is 10.3. The Morgan fingerprint density at radius 2 is 1.82 bits per heavy atom. The Balaban J connectivity index is 2.16. The van der Waals surface area contributed by atoms with Gasteiger partial charge in [-0.05, 0) is 59.3 Å². The Labute approximate surface area is 114 Å². The first-order chi connectivity index (χ1) is 8.19. The summed E-state index contributed by atoms with van der Waals surface area (Å²) in [6.07, 6.45) is 0. The summed E-state index contributed by atoms with van der Waals surface area (Å²) in [7, 11) is 1.67. The van der Waals surface area contributed by atoms with Crippen LogP contribution in [0.3, 0.4) is 0 Å². The number of hydrogen-bond donors (Lipinski definition) is 0. The summed E-state index contributed by atoms with van der Waals surface area (Å²) in [4.78, 5) is 5.65. The van der Waals surface area contributed by atoms with Crippen LogP contribution in [0.15, 0.2) is 50.8 Å². The van der Waals surface area contributed by atoms with Crippen LogP contribution in [0.25, 0.3) is 0 Å². The van der Waals surface area contributed by atoms with Crippen LogP contribution in [0, 0.1) is 6.92 Å². The number of aryl methyl sites for hydroxylation is 1. The molecule has 0 N–H and O–H groups in total. The Morgan fingerprint density at radius 1 is 1.12 bits per heavy atom. The number of halogens is 1. The minimum atomic E-state index is 0.870. The number of pyridine rings is 1. The largest absolute Gasteiger partial charge is 0.497 e. The molecule has 1 aromatic heterocycles. The molecular formula is C13H12BrNOS. The average Bonchev–Trinajstić information content (AvgIpc) is 2.35. The standard InChI is InChI=1S/C13H12BrNOS/c1-9-12(14)7-8-13(15-9)17-11-5-3-10(16-2)4-6-11/h3-8H,1-2H3. The van der Waals surface area contributed by atoms with Crippen molar-refractivity contribution in [3.63, 3.8) is 0 Å². The number of aromatic nitrogens is 1. The van der Waals surface area contributed by atoms with Gasteiger partial charge in [0.1, 0.15) is 10.8 Å². The molecule has 1 heterocycles. The molecule has 2 rings (SSSR count). The van der Waals surface area contributed by atoms with Crippen molar-refractivity contribution in [1.29, 1.82) is 0 Å². The topological polar surface area (TPSA) is 22.1 Å². The van der Waals surface area contributed by atoms with Crippen molar-refractivity contribution in [3.8, 4) is 5.75 Å². The van der Waals surface area contributed by atoms with E-state index in [0.29, 0.717) is 0 Å². The van der Waals surface area contributed by atoms with Crippen molar-refractivity contribution in [3.05, 3.63) is 46.6 Å². The zero-order valence-corrected chi connectivity index (χ0v) is 12.0. The van der Waals surface area contributed by atoms with Crippen molar-refractivity contribution in [1.82, 2.24) is 4.98 Å². The van der Waals surface area contributed by atoms with Crippen molar-refractivity contribution in [2.45, 2.75) is 16.8 Å². The second-order valence-electron chi connectivity index (χ2n) is 3.49.